The van der Waals surface area contributed by atoms with E-state index in [1.54, 1.807) is 16.9 Å². The van der Waals surface area contributed by atoms with Gasteiger partial charge in [-0.05, 0) is 19.4 Å². The van der Waals surface area contributed by atoms with E-state index in [1.807, 2.05) is 11.8 Å². The highest BCUT2D eigenvalue weighted by atomic mass is 16.2. The number of carbonyl (C=O) groups is 1. The topological polar surface area (TPSA) is 38.1 Å². The lowest BCUT2D eigenvalue weighted by Gasteiger charge is -2.16. The average Bonchev–Trinajstić information content (AvgIpc) is 2.54. The molecule has 2 heterocycles. The van der Waals surface area contributed by atoms with Crippen LogP contribution in [0.4, 0.5) is 0 Å². The van der Waals surface area contributed by atoms with Crippen LogP contribution in [0.25, 0.3) is 0 Å². The minimum atomic E-state index is 0.109. The molecule has 0 N–H and O–H groups in total. The molecule has 0 aliphatic carbocycles. The summed E-state index contributed by atoms with van der Waals surface area (Å²) in [6.45, 7) is 4.48. The van der Waals surface area contributed by atoms with E-state index in [0.717, 1.165) is 31.7 Å². The summed E-state index contributed by atoms with van der Waals surface area (Å²) in [5.74, 6) is 0.109. The largest absolute Gasteiger partial charge is 0.338 e. The normalized spacial score (nSPS) is 17.0. The zero-order valence-electron chi connectivity index (χ0n) is 7.73. The second kappa shape index (κ2) is 3.20. The first-order valence-electron chi connectivity index (χ1n) is 4.64. The van der Waals surface area contributed by atoms with E-state index in [4.69, 9.17) is 0 Å². The van der Waals surface area contributed by atoms with Gasteiger partial charge in [-0.2, -0.15) is 5.10 Å². The molecule has 13 heavy (non-hydrogen) atoms. The first-order valence-corrected chi connectivity index (χ1v) is 4.64. The summed E-state index contributed by atoms with van der Waals surface area (Å²) in [5, 5.41) is 4.11. The fourth-order valence-corrected chi connectivity index (χ4v) is 1.67. The number of carbonyl (C=O) groups excluding carboxylic acids is 1. The molecule has 0 bridgehead atoms. The molecule has 1 aromatic rings. The van der Waals surface area contributed by atoms with Crippen LogP contribution in [0.15, 0.2) is 12.3 Å². The summed E-state index contributed by atoms with van der Waals surface area (Å²) >= 11 is 0. The highest BCUT2D eigenvalue weighted by molar-refractivity contribution is 5.92. The van der Waals surface area contributed by atoms with Crippen LogP contribution in [-0.2, 0) is 6.54 Å². The number of hydrogen-bond donors (Lipinski definition) is 0. The molecule has 70 valence electrons. The van der Waals surface area contributed by atoms with Gasteiger partial charge in [0.05, 0.1) is 0 Å². The van der Waals surface area contributed by atoms with Crippen LogP contribution in [0.1, 0.15) is 23.8 Å². The molecule has 4 nitrogen and oxygen atoms in total. The van der Waals surface area contributed by atoms with Crippen molar-refractivity contribution in [2.75, 3.05) is 13.1 Å². The van der Waals surface area contributed by atoms with Crippen LogP contribution in [0, 0.1) is 0 Å². The van der Waals surface area contributed by atoms with Gasteiger partial charge in [-0.25, -0.2) is 0 Å². The number of aromatic nitrogens is 2. The van der Waals surface area contributed by atoms with Gasteiger partial charge >= 0.3 is 0 Å². The summed E-state index contributed by atoms with van der Waals surface area (Å²) < 4.78 is 1.79. The van der Waals surface area contributed by atoms with E-state index in [9.17, 15) is 4.79 Å². The Morgan fingerprint density at radius 2 is 2.38 bits per heavy atom. The highest BCUT2D eigenvalue weighted by Crippen LogP contribution is 2.10. The molecule has 0 aromatic carbocycles. The maximum absolute atomic E-state index is 11.8. The minimum Gasteiger partial charge on any atom is -0.338 e. The van der Waals surface area contributed by atoms with Crippen molar-refractivity contribution in [2.45, 2.75) is 19.9 Å². The van der Waals surface area contributed by atoms with Gasteiger partial charge in [0, 0.05) is 25.8 Å². The van der Waals surface area contributed by atoms with Crippen molar-refractivity contribution < 1.29 is 4.79 Å². The van der Waals surface area contributed by atoms with Gasteiger partial charge in [-0.1, -0.05) is 0 Å². The first-order chi connectivity index (χ1) is 6.33. The molecule has 0 radical (unpaired) electrons. The second-order valence-corrected chi connectivity index (χ2v) is 3.18. The Morgan fingerprint density at radius 3 is 3.15 bits per heavy atom. The molecule has 4 heteroatoms. The van der Waals surface area contributed by atoms with Gasteiger partial charge in [0.2, 0.25) is 0 Å². The van der Waals surface area contributed by atoms with E-state index in [0.29, 0.717) is 0 Å². The summed E-state index contributed by atoms with van der Waals surface area (Å²) in [6.07, 6.45) is 2.68. The average molecular weight is 179 g/mol. The predicted octanol–water partition coefficient (Wildman–Crippen LogP) is 0.749. The van der Waals surface area contributed by atoms with Gasteiger partial charge in [0.1, 0.15) is 5.69 Å². The van der Waals surface area contributed by atoms with Crippen molar-refractivity contribution in [3.05, 3.63) is 18.0 Å². The van der Waals surface area contributed by atoms with Crippen molar-refractivity contribution in [3.63, 3.8) is 0 Å². The molecule has 1 aromatic heterocycles. The fraction of sp³-hybridized carbons (Fsp3) is 0.556. The molecule has 1 amide bonds. The number of rotatable bonds is 1. The van der Waals surface area contributed by atoms with Crippen LogP contribution in [-0.4, -0.2) is 33.7 Å². The summed E-state index contributed by atoms with van der Waals surface area (Å²) in [6, 6.07) is 1.79. The first kappa shape index (κ1) is 8.29. The van der Waals surface area contributed by atoms with Crippen molar-refractivity contribution in [1.82, 2.24) is 14.7 Å². The number of hydrogen-bond acceptors (Lipinski definition) is 2. The minimum absolute atomic E-state index is 0.109. The van der Waals surface area contributed by atoms with E-state index >= 15 is 0 Å². The van der Waals surface area contributed by atoms with Crippen molar-refractivity contribution >= 4 is 5.91 Å². The van der Waals surface area contributed by atoms with E-state index in [-0.39, 0.29) is 5.91 Å². The number of amides is 1. The summed E-state index contributed by atoms with van der Waals surface area (Å²) in [4.78, 5) is 13.7. The molecular formula is C9H13N3O. The van der Waals surface area contributed by atoms with Gasteiger partial charge in [-0.15, -0.1) is 0 Å². The Morgan fingerprint density at radius 1 is 1.54 bits per heavy atom. The lowest BCUT2D eigenvalue weighted by molar-refractivity contribution is 0.0766. The second-order valence-electron chi connectivity index (χ2n) is 3.18. The standard InChI is InChI=1S/C9H13N3O/c1-2-11-6-3-7-12-8(9(11)13)4-5-10-12/h4-5H,2-3,6-7H2,1H3. The maximum atomic E-state index is 11.8. The molecule has 0 saturated heterocycles. The number of nitrogens with zero attached hydrogens (tertiary/aromatic N) is 3. The van der Waals surface area contributed by atoms with Gasteiger partial charge in [-0.3, -0.25) is 9.48 Å². The lowest BCUT2D eigenvalue weighted by Crippen LogP contribution is -2.30. The van der Waals surface area contributed by atoms with Crippen molar-refractivity contribution in [2.24, 2.45) is 0 Å². The van der Waals surface area contributed by atoms with E-state index in [2.05, 4.69) is 5.10 Å². The SMILES string of the molecule is CCN1CCCn2nccc2C1=O. The molecule has 2 rings (SSSR count). The van der Waals surface area contributed by atoms with Gasteiger partial charge in [0.25, 0.3) is 5.91 Å². The third-order valence-corrected chi connectivity index (χ3v) is 2.40. The summed E-state index contributed by atoms with van der Waals surface area (Å²) in [7, 11) is 0. The molecule has 1 aliphatic heterocycles. The van der Waals surface area contributed by atoms with Crippen LogP contribution in [0.5, 0.6) is 0 Å². The monoisotopic (exact) mass is 179 g/mol. The molecular weight excluding hydrogens is 166 g/mol. The Labute approximate surface area is 77.1 Å². The molecule has 0 spiro atoms. The Bertz CT molecular complexity index is 318. The molecule has 0 fully saturated rings. The smallest absolute Gasteiger partial charge is 0.272 e. The Balaban J connectivity index is 2.34. The van der Waals surface area contributed by atoms with Crippen LogP contribution in [0.3, 0.4) is 0 Å². The third kappa shape index (κ3) is 1.32. The Hall–Kier alpha value is -1.32. The fourth-order valence-electron chi connectivity index (χ4n) is 1.67. The van der Waals surface area contributed by atoms with E-state index in [1.165, 1.54) is 0 Å². The van der Waals surface area contributed by atoms with Crippen molar-refractivity contribution in [3.8, 4) is 0 Å². The Kier molecular flexibility index (Phi) is 2.04. The van der Waals surface area contributed by atoms with Gasteiger partial charge < -0.3 is 4.90 Å². The molecule has 0 saturated carbocycles. The lowest BCUT2D eigenvalue weighted by atomic mass is 10.3. The highest BCUT2D eigenvalue weighted by Gasteiger charge is 2.20. The van der Waals surface area contributed by atoms with Crippen LogP contribution < -0.4 is 0 Å². The number of aryl methyl sites for hydroxylation is 1. The van der Waals surface area contributed by atoms with E-state index < -0.39 is 0 Å². The predicted molar refractivity (Wildman–Crippen MR) is 48.4 cm³/mol. The van der Waals surface area contributed by atoms with Crippen LogP contribution >= 0.6 is 0 Å². The van der Waals surface area contributed by atoms with Crippen LogP contribution in [0.2, 0.25) is 0 Å². The zero-order valence-corrected chi connectivity index (χ0v) is 7.73. The summed E-state index contributed by atoms with van der Waals surface area (Å²) in [5.41, 5.74) is 0.722. The molecule has 0 unspecified atom stereocenters. The van der Waals surface area contributed by atoms with Crippen molar-refractivity contribution in [1.29, 1.82) is 0 Å². The zero-order chi connectivity index (χ0) is 9.26. The molecule has 1 aliphatic rings. The van der Waals surface area contributed by atoms with Gasteiger partial charge in [0.15, 0.2) is 0 Å². The maximum Gasteiger partial charge on any atom is 0.272 e. The third-order valence-electron chi connectivity index (χ3n) is 2.40. The quantitative estimate of drug-likeness (QED) is 0.638. The number of fused-ring (bicyclic) bond motifs is 1. The molecule has 0 atom stereocenters.